The Bertz CT molecular complexity index is 274. The van der Waals surface area contributed by atoms with Gasteiger partial charge in [-0.25, -0.2) is 0 Å². The predicted molar refractivity (Wildman–Crippen MR) is 67.0 cm³/mol. The number of hydrogen-bond donors (Lipinski definition) is 2. The number of carboxylic acid groups (broad SMARTS) is 1. The Balaban J connectivity index is 2.69. The SMILES string of the molecule is CSCCC(N)(C(=O)O)C1COC(C(C)C)O1. The molecule has 3 unspecified atom stereocenters. The van der Waals surface area contributed by atoms with E-state index in [4.69, 9.17) is 15.2 Å². The van der Waals surface area contributed by atoms with E-state index in [1.807, 2.05) is 20.1 Å². The van der Waals surface area contributed by atoms with Gasteiger partial charge in [-0.1, -0.05) is 13.8 Å². The molecule has 1 aliphatic rings. The number of aliphatic carboxylic acids is 1. The average molecular weight is 263 g/mol. The van der Waals surface area contributed by atoms with Crippen LogP contribution in [-0.4, -0.2) is 47.6 Å². The number of hydrogen-bond acceptors (Lipinski definition) is 5. The lowest BCUT2D eigenvalue weighted by molar-refractivity contribution is -0.152. The van der Waals surface area contributed by atoms with Crippen LogP contribution in [0.25, 0.3) is 0 Å². The number of ether oxygens (including phenoxy) is 2. The quantitative estimate of drug-likeness (QED) is 0.741. The third-order valence-corrected chi connectivity index (χ3v) is 3.56. The third kappa shape index (κ3) is 3.34. The van der Waals surface area contributed by atoms with Gasteiger partial charge in [0.15, 0.2) is 6.29 Å². The maximum Gasteiger partial charge on any atom is 0.326 e. The second-order valence-electron chi connectivity index (χ2n) is 4.66. The molecule has 100 valence electrons. The van der Waals surface area contributed by atoms with Crippen molar-refractivity contribution in [1.82, 2.24) is 0 Å². The van der Waals surface area contributed by atoms with Gasteiger partial charge < -0.3 is 20.3 Å². The van der Waals surface area contributed by atoms with Crippen LogP contribution < -0.4 is 5.73 Å². The van der Waals surface area contributed by atoms with Crippen molar-refractivity contribution in [2.45, 2.75) is 38.2 Å². The number of nitrogens with two attached hydrogens (primary N) is 1. The summed E-state index contributed by atoms with van der Waals surface area (Å²) in [4.78, 5) is 11.3. The van der Waals surface area contributed by atoms with Gasteiger partial charge in [0.05, 0.1) is 6.61 Å². The van der Waals surface area contributed by atoms with Gasteiger partial charge in [-0.15, -0.1) is 0 Å². The van der Waals surface area contributed by atoms with Crippen molar-refractivity contribution in [3.8, 4) is 0 Å². The Labute approximate surface area is 106 Å². The zero-order chi connectivity index (χ0) is 13.1. The molecule has 0 amide bonds. The van der Waals surface area contributed by atoms with Gasteiger partial charge in [0.25, 0.3) is 0 Å². The van der Waals surface area contributed by atoms with Crippen molar-refractivity contribution >= 4 is 17.7 Å². The van der Waals surface area contributed by atoms with E-state index < -0.39 is 17.6 Å². The third-order valence-electron chi connectivity index (χ3n) is 2.95. The summed E-state index contributed by atoms with van der Waals surface area (Å²) >= 11 is 1.57. The van der Waals surface area contributed by atoms with E-state index in [0.29, 0.717) is 12.2 Å². The predicted octanol–water partition coefficient (Wildman–Crippen LogP) is 0.919. The van der Waals surface area contributed by atoms with Crippen LogP contribution in [0.2, 0.25) is 0 Å². The van der Waals surface area contributed by atoms with Gasteiger partial charge in [0.2, 0.25) is 0 Å². The first-order valence-corrected chi connectivity index (χ1v) is 7.09. The van der Waals surface area contributed by atoms with Crippen LogP contribution in [0, 0.1) is 5.92 Å². The van der Waals surface area contributed by atoms with E-state index >= 15 is 0 Å². The van der Waals surface area contributed by atoms with Gasteiger partial charge >= 0.3 is 5.97 Å². The maximum absolute atomic E-state index is 11.3. The van der Waals surface area contributed by atoms with Gasteiger partial charge in [0, 0.05) is 5.92 Å². The molecular formula is C11H21NO4S. The zero-order valence-corrected chi connectivity index (χ0v) is 11.3. The highest BCUT2D eigenvalue weighted by Crippen LogP contribution is 2.27. The molecule has 0 aromatic heterocycles. The minimum atomic E-state index is -1.35. The molecule has 1 fully saturated rings. The second-order valence-corrected chi connectivity index (χ2v) is 5.64. The Morgan fingerprint density at radius 2 is 2.29 bits per heavy atom. The highest BCUT2D eigenvalue weighted by molar-refractivity contribution is 7.98. The minimum Gasteiger partial charge on any atom is -0.480 e. The average Bonchev–Trinajstić information content (AvgIpc) is 2.75. The van der Waals surface area contributed by atoms with Gasteiger partial charge in [-0.2, -0.15) is 11.8 Å². The summed E-state index contributed by atoms with van der Waals surface area (Å²) in [5.74, 6) is -0.141. The largest absolute Gasteiger partial charge is 0.480 e. The van der Waals surface area contributed by atoms with Crippen molar-refractivity contribution in [2.75, 3.05) is 18.6 Å². The lowest BCUT2D eigenvalue weighted by atomic mass is 9.91. The highest BCUT2D eigenvalue weighted by Gasteiger charge is 2.47. The summed E-state index contributed by atoms with van der Waals surface area (Å²) in [6.45, 7) is 4.18. The molecule has 0 saturated carbocycles. The fraction of sp³-hybridized carbons (Fsp3) is 0.909. The molecule has 3 N–H and O–H groups in total. The Morgan fingerprint density at radius 3 is 2.71 bits per heavy atom. The molecule has 0 bridgehead atoms. The molecule has 1 rings (SSSR count). The van der Waals surface area contributed by atoms with E-state index in [1.165, 1.54) is 0 Å². The molecule has 0 spiro atoms. The number of thioether (sulfide) groups is 1. The smallest absolute Gasteiger partial charge is 0.326 e. The molecule has 6 heteroatoms. The van der Waals surface area contributed by atoms with Crippen molar-refractivity contribution in [2.24, 2.45) is 11.7 Å². The van der Waals surface area contributed by atoms with Crippen LogP contribution >= 0.6 is 11.8 Å². The summed E-state index contributed by atoms with van der Waals surface area (Å²) in [7, 11) is 0. The molecule has 1 aliphatic heterocycles. The van der Waals surface area contributed by atoms with Crippen molar-refractivity contribution in [1.29, 1.82) is 0 Å². The number of rotatable bonds is 6. The highest BCUT2D eigenvalue weighted by atomic mass is 32.2. The van der Waals surface area contributed by atoms with Gasteiger partial charge in [0.1, 0.15) is 11.6 Å². The molecular weight excluding hydrogens is 242 g/mol. The summed E-state index contributed by atoms with van der Waals surface area (Å²) in [6, 6.07) is 0. The van der Waals surface area contributed by atoms with E-state index in [1.54, 1.807) is 11.8 Å². The Kier molecular flexibility index (Phi) is 5.24. The molecule has 0 radical (unpaired) electrons. The molecule has 5 nitrogen and oxygen atoms in total. The second kappa shape index (κ2) is 6.04. The molecule has 0 aromatic carbocycles. The molecule has 1 heterocycles. The van der Waals surface area contributed by atoms with Crippen LogP contribution in [0.1, 0.15) is 20.3 Å². The minimum absolute atomic E-state index is 0.193. The fourth-order valence-corrected chi connectivity index (χ4v) is 2.26. The van der Waals surface area contributed by atoms with Crippen molar-refractivity contribution in [3.05, 3.63) is 0 Å². The maximum atomic E-state index is 11.3. The van der Waals surface area contributed by atoms with Crippen LogP contribution in [0.3, 0.4) is 0 Å². The summed E-state index contributed by atoms with van der Waals surface area (Å²) in [5.41, 5.74) is 4.62. The first-order valence-electron chi connectivity index (χ1n) is 5.70. The van der Waals surface area contributed by atoms with Crippen LogP contribution in [0.15, 0.2) is 0 Å². The van der Waals surface area contributed by atoms with Gasteiger partial charge in [-0.3, -0.25) is 4.79 Å². The first kappa shape index (κ1) is 14.8. The summed E-state index contributed by atoms with van der Waals surface area (Å²) < 4.78 is 11.0. The summed E-state index contributed by atoms with van der Waals surface area (Å²) in [6.07, 6.45) is 1.38. The number of carbonyl (C=O) groups is 1. The van der Waals surface area contributed by atoms with E-state index in [-0.39, 0.29) is 18.8 Å². The normalized spacial score (nSPS) is 28.3. The lowest BCUT2D eigenvalue weighted by Crippen LogP contribution is -2.58. The molecule has 0 aliphatic carbocycles. The monoisotopic (exact) mass is 263 g/mol. The molecule has 0 aromatic rings. The molecule has 17 heavy (non-hydrogen) atoms. The lowest BCUT2D eigenvalue weighted by Gasteiger charge is -2.29. The zero-order valence-electron chi connectivity index (χ0n) is 10.5. The van der Waals surface area contributed by atoms with Crippen LogP contribution in [0.5, 0.6) is 0 Å². The van der Waals surface area contributed by atoms with Crippen molar-refractivity contribution < 1.29 is 19.4 Å². The van der Waals surface area contributed by atoms with Gasteiger partial charge in [-0.05, 0) is 18.4 Å². The van der Waals surface area contributed by atoms with E-state index in [0.717, 1.165) is 0 Å². The van der Waals surface area contributed by atoms with Crippen molar-refractivity contribution in [3.63, 3.8) is 0 Å². The summed E-state index contributed by atoms with van der Waals surface area (Å²) in [5, 5.41) is 9.27. The standard InChI is InChI=1S/C11H21NO4S/c1-7(2)9-15-6-8(16-9)11(12,10(13)14)4-5-17-3/h7-9H,4-6,12H2,1-3H3,(H,13,14). The van der Waals surface area contributed by atoms with Crippen LogP contribution in [-0.2, 0) is 14.3 Å². The fourth-order valence-electron chi connectivity index (χ4n) is 1.72. The Morgan fingerprint density at radius 1 is 1.65 bits per heavy atom. The number of carboxylic acids is 1. The first-order chi connectivity index (χ1) is 7.91. The Hall–Kier alpha value is -0.300. The molecule has 3 atom stereocenters. The van der Waals surface area contributed by atoms with E-state index in [9.17, 15) is 9.90 Å². The topological polar surface area (TPSA) is 81.8 Å². The van der Waals surface area contributed by atoms with Crippen LogP contribution in [0.4, 0.5) is 0 Å². The molecule has 1 saturated heterocycles. The van der Waals surface area contributed by atoms with E-state index in [2.05, 4.69) is 0 Å².